The van der Waals surface area contributed by atoms with Crippen LogP contribution in [0.3, 0.4) is 0 Å². The molecule has 1 aromatic carbocycles. The summed E-state index contributed by atoms with van der Waals surface area (Å²) in [6.45, 7) is 0.606. The van der Waals surface area contributed by atoms with Gasteiger partial charge < -0.3 is 5.32 Å². The highest BCUT2D eigenvalue weighted by Gasteiger charge is 2.03. The fourth-order valence-corrected chi connectivity index (χ4v) is 1.84. The van der Waals surface area contributed by atoms with Crippen molar-refractivity contribution in [1.29, 1.82) is 0 Å². The second-order valence-electron chi connectivity index (χ2n) is 3.82. The number of benzene rings is 1. The molecule has 7 heteroatoms. The Hall–Kier alpha value is -1.11. The maximum absolute atomic E-state index is 11.0. The molecule has 0 saturated carbocycles. The number of hydrogen-bond donors (Lipinski definition) is 2. The standard InChI is InChI=1S/C11H15ClN2O3S/c1-18(16,17)14-8-10-4-2-3-9(5-10)7-13-11(15)6-12/h2-5,14H,6-8H2,1H3,(H,13,15). The van der Waals surface area contributed by atoms with Crippen molar-refractivity contribution in [2.24, 2.45) is 0 Å². The Morgan fingerprint density at radius 2 is 1.89 bits per heavy atom. The summed E-state index contributed by atoms with van der Waals surface area (Å²) in [5.74, 6) is -0.314. The molecular formula is C11H15ClN2O3S. The first kappa shape index (κ1) is 14.9. The van der Waals surface area contributed by atoms with Gasteiger partial charge in [-0.1, -0.05) is 24.3 Å². The zero-order chi connectivity index (χ0) is 13.6. The Bertz CT molecular complexity index is 517. The van der Waals surface area contributed by atoms with Gasteiger partial charge in [0.05, 0.1) is 6.26 Å². The van der Waals surface area contributed by atoms with E-state index >= 15 is 0 Å². The number of alkyl halides is 1. The van der Waals surface area contributed by atoms with Crippen molar-refractivity contribution < 1.29 is 13.2 Å². The molecule has 0 fully saturated rings. The number of carbonyl (C=O) groups is 1. The summed E-state index contributed by atoms with van der Waals surface area (Å²) in [5, 5.41) is 2.64. The van der Waals surface area contributed by atoms with Gasteiger partial charge in [0.25, 0.3) is 0 Å². The lowest BCUT2D eigenvalue weighted by Gasteiger charge is -2.07. The topological polar surface area (TPSA) is 75.3 Å². The summed E-state index contributed by atoms with van der Waals surface area (Å²) in [6, 6.07) is 7.29. The maximum atomic E-state index is 11.0. The van der Waals surface area contributed by atoms with Gasteiger partial charge in [0.15, 0.2) is 0 Å². The predicted molar refractivity (Wildman–Crippen MR) is 70.7 cm³/mol. The molecule has 1 amide bonds. The van der Waals surface area contributed by atoms with Gasteiger partial charge in [-0.05, 0) is 11.1 Å². The zero-order valence-electron chi connectivity index (χ0n) is 9.94. The fourth-order valence-electron chi connectivity index (χ4n) is 1.31. The Morgan fingerprint density at radius 1 is 1.28 bits per heavy atom. The number of carbonyl (C=O) groups excluding carboxylic acids is 1. The molecule has 2 N–H and O–H groups in total. The lowest BCUT2D eigenvalue weighted by Crippen LogP contribution is -2.24. The summed E-state index contributed by atoms with van der Waals surface area (Å²) in [6.07, 6.45) is 1.11. The van der Waals surface area contributed by atoms with Crippen LogP contribution >= 0.6 is 11.6 Å². The quantitative estimate of drug-likeness (QED) is 0.753. The van der Waals surface area contributed by atoms with E-state index in [1.54, 1.807) is 0 Å². The van der Waals surface area contributed by atoms with Crippen LogP contribution in [0.4, 0.5) is 0 Å². The second kappa shape index (κ2) is 6.72. The van der Waals surface area contributed by atoms with Gasteiger partial charge in [0.1, 0.15) is 5.88 Å². The average Bonchev–Trinajstić information content (AvgIpc) is 2.33. The largest absolute Gasteiger partial charge is 0.351 e. The molecule has 5 nitrogen and oxygen atoms in total. The van der Waals surface area contributed by atoms with Crippen LogP contribution < -0.4 is 10.0 Å². The van der Waals surface area contributed by atoms with Crippen LogP contribution in [0.5, 0.6) is 0 Å². The van der Waals surface area contributed by atoms with Gasteiger partial charge in [0, 0.05) is 13.1 Å². The smallest absolute Gasteiger partial charge is 0.235 e. The number of rotatable bonds is 6. The molecule has 100 valence electrons. The number of amides is 1. The first-order chi connectivity index (χ1) is 8.40. The number of sulfonamides is 1. The summed E-state index contributed by atoms with van der Waals surface area (Å²) in [4.78, 5) is 11.0. The molecular weight excluding hydrogens is 276 g/mol. The predicted octanol–water partition coefficient (Wildman–Crippen LogP) is 0.591. The minimum absolute atomic E-state index is 0.0741. The number of hydrogen-bond acceptors (Lipinski definition) is 3. The molecule has 0 aliphatic heterocycles. The molecule has 0 spiro atoms. The van der Waals surface area contributed by atoms with Gasteiger partial charge >= 0.3 is 0 Å². The van der Waals surface area contributed by atoms with E-state index in [1.165, 1.54) is 0 Å². The molecule has 0 aliphatic carbocycles. The van der Waals surface area contributed by atoms with Crippen LogP contribution in [0.1, 0.15) is 11.1 Å². The molecule has 0 radical (unpaired) electrons. The van der Waals surface area contributed by atoms with Crippen molar-refractivity contribution in [3.05, 3.63) is 35.4 Å². The van der Waals surface area contributed by atoms with Crippen molar-refractivity contribution in [1.82, 2.24) is 10.0 Å². The summed E-state index contributed by atoms with van der Waals surface area (Å²) < 4.78 is 24.3. The Morgan fingerprint density at radius 3 is 2.44 bits per heavy atom. The normalized spacial score (nSPS) is 11.2. The van der Waals surface area contributed by atoms with Crippen molar-refractivity contribution in [3.8, 4) is 0 Å². The monoisotopic (exact) mass is 290 g/mol. The third kappa shape index (κ3) is 6.00. The van der Waals surface area contributed by atoms with E-state index in [2.05, 4.69) is 10.0 Å². The Kier molecular flexibility index (Phi) is 5.58. The third-order valence-corrected chi connectivity index (χ3v) is 3.05. The highest BCUT2D eigenvalue weighted by molar-refractivity contribution is 7.88. The minimum Gasteiger partial charge on any atom is -0.351 e. The number of halogens is 1. The van der Waals surface area contributed by atoms with E-state index in [1.807, 2.05) is 24.3 Å². The summed E-state index contributed by atoms with van der Waals surface area (Å²) in [5.41, 5.74) is 1.72. The zero-order valence-corrected chi connectivity index (χ0v) is 11.5. The van der Waals surface area contributed by atoms with Gasteiger partial charge in [-0.3, -0.25) is 4.79 Å². The molecule has 0 bridgehead atoms. The SMILES string of the molecule is CS(=O)(=O)NCc1cccc(CNC(=O)CCl)c1. The minimum atomic E-state index is -3.20. The van der Waals surface area contributed by atoms with E-state index < -0.39 is 10.0 Å². The van der Waals surface area contributed by atoms with Crippen LogP contribution in [0.25, 0.3) is 0 Å². The second-order valence-corrected chi connectivity index (χ2v) is 5.92. The van der Waals surface area contributed by atoms with Crippen LogP contribution in [-0.2, 0) is 27.9 Å². The van der Waals surface area contributed by atoms with E-state index in [9.17, 15) is 13.2 Å². The molecule has 0 unspecified atom stereocenters. The van der Waals surface area contributed by atoms with Crippen LogP contribution in [0.15, 0.2) is 24.3 Å². The maximum Gasteiger partial charge on any atom is 0.235 e. The highest BCUT2D eigenvalue weighted by Crippen LogP contribution is 2.05. The van der Waals surface area contributed by atoms with Gasteiger partial charge in [-0.2, -0.15) is 0 Å². The van der Waals surface area contributed by atoms with Crippen molar-refractivity contribution in [2.45, 2.75) is 13.1 Å². The first-order valence-electron chi connectivity index (χ1n) is 5.26. The molecule has 0 atom stereocenters. The van der Waals surface area contributed by atoms with Crippen molar-refractivity contribution in [2.75, 3.05) is 12.1 Å². The molecule has 0 heterocycles. The van der Waals surface area contributed by atoms with Crippen LogP contribution in [0.2, 0.25) is 0 Å². The highest BCUT2D eigenvalue weighted by atomic mass is 35.5. The molecule has 1 rings (SSSR count). The number of nitrogens with one attached hydrogen (secondary N) is 2. The van der Waals surface area contributed by atoms with Gasteiger partial charge in [-0.15, -0.1) is 11.6 Å². The van der Waals surface area contributed by atoms with E-state index in [4.69, 9.17) is 11.6 Å². The summed E-state index contributed by atoms with van der Waals surface area (Å²) in [7, 11) is -3.20. The molecule has 18 heavy (non-hydrogen) atoms. The fraction of sp³-hybridized carbons (Fsp3) is 0.364. The van der Waals surface area contributed by atoms with Crippen LogP contribution in [-0.4, -0.2) is 26.5 Å². The Balaban J connectivity index is 2.59. The van der Waals surface area contributed by atoms with E-state index in [0.717, 1.165) is 17.4 Å². The first-order valence-corrected chi connectivity index (χ1v) is 7.68. The molecule has 0 saturated heterocycles. The molecule has 0 aliphatic rings. The lowest BCUT2D eigenvalue weighted by atomic mass is 10.1. The van der Waals surface area contributed by atoms with Crippen molar-refractivity contribution >= 4 is 27.5 Å². The van der Waals surface area contributed by atoms with Crippen molar-refractivity contribution in [3.63, 3.8) is 0 Å². The average molecular weight is 291 g/mol. The summed E-state index contributed by atoms with van der Waals surface area (Å²) >= 11 is 5.36. The van der Waals surface area contributed by atoms with E-state index in [0.29, 0.717) is 6.54 Å². The van der Waals surface area contributed by atoms with Gasteiger partial charge in [0.2, 0.25) is 15.9 Å². The Labute approximate surface area is 112 Å². The van der Waals surface area contributed by atoms with Crippen LogP contribution in [0, 0.1) is 0 Å². The third-order valence-electron chi connectivity index (χ3n) is 2.14. The molecule has 0 aromatic heterocycles. The van der Waals surface area contributed by atoms with E-state index in [-0.39, 0.29) is 18.3 Å². The van der Waals surface area contributed by atoms with Gasteiger partial charge in [-0.25, -0.2) is 13.1 Å². The lowest BCUT2D eigenvalue weighted by molar-refractivity contribution is -0.118. The molecule has 1 aromatic rings.